The second-order valence-corrected chi connectivity index (χ2v) is 15.6. The first-order valence-electron chi connectivity index (χ1n) is 24.4. The van der Waals surface area contributed by atoms with Crippen LogP contribution < -0.4 is 0 Å². The molecule has 0 saturated heterocycles. The minimum absolute atomic E-state index is 0.0421. The Morgan fingerprint density at radius 1 is 0.383 bits per heavy atom. The third-order valence-electron chi connectivity index (χ3n) is 9.80. The first-order chi connectivity index (χ1) is 29.6. The van der Waals surface area contributed by atoms with E-state index in [1.54, 1.807) is 0 Å². The van der Waals surface area contributed by atoms with E-state index in [2.05, 4.69) is 130 Å². The molecule has 0 aliphatic rings. The maximum Gasteiger partial charge on any atom is 0.306 e. The van der Waals surface area contributed by atoms with Gasteiger partial charge in [0.2, 0.25) is 0 Å². The van der Waals surface area contributed by atoms with Crippen LogP contribution in [0.5, 0.6) is 0 Å². The quantitative estimate of drug-likeness (QED) is 0.0348. The second kappa shape index (κ2) is 49.9. The number of unbranched alkanes of at least 4 members (excludes halogenated alkanes) is 14. The molecule has 0 aromatic carbocycles. The predicted octanol–water partition coefficient (Wildman–Crippen LogP) is 16.4. The van der Waals surface area contributed by atoms with Crippen molar-refractivity contribution in [3.8, 4) is 0 Å². The summed E-state index contributed by atoms with van der Waals surface area (Å²) in [6.45, 7) is 7.40. The van der Waals surface area contributed by atoms with Gasteiger partial charge in [0.1, 0.15) is 6.61 Å². The van der Waals surface area contributed by atoms with E-state index in [0.717, 1.165) is 116 Å². The number of carbonyl (C=O) groups is 2. The monoisotopic (exact) mass is 831 g/mol. The average Bonchev–Trinajstić information content (AvgIpc) is 3.25. The van der Waals surface area contributed by atoms with Crippen LogP contribution in [0, 0.1) is 0 Å². The van der Waals surface area contributed by atoms with Crippen LogP contribution in [0.25, 0.3) is 0 Å². The molecule has 0 saturated carbocycles. The molecule has 0 heterocycles. The average molecular weight is 831 g/mol. The summed E-state index contributed by atoms with van der Waals surface area (Å²) >= 11 is 0. The van der Waals surface area contributed by atoms with Gasteiger partial charge < -0.3 is 14.2 Å². The molecule has 340 valence electrons. The van der Waals surface area contributed by atoms with E-state index in [0.29, 0.717) is 19.4 Å². The SMILES string of the molecule is CC/C=C\C/C=C\C/C=C\C/C=C\C/C=C\C/C=C\CCCOCC(COC(=O)CCCCC/C=C\C/C=C\C/C=C\CC)OC(=O)CCCCCCCCCCCCC. The lowest BCUT2D eigenvalue weighted by Gasteiger charge is -2.18. The number of hydrogen-bond donors (Lipinski definition) is 0. The van der Waals surface area contributed by atoms with Gasteiger partial charge in [-0.05, 0) is 96.3 Å². The van der Waals surface area contributed by atoms with Crippen molar-refractivity contribution < 1.29 is 23.8 Å². The standard InChI is InChI=1S/C55H90O5/c1-4-7-10-13-16-19-22-24-25-26-27-28-29-30-32-35-38-41-44-47-50-58-51-53(60-55(57)49-46-43-40-37-33-21-18-15-12-9-6-3)52-59-54(56)48-45-42-39-36-34-31-23-20-17-14-11-8-5-2/h7-8,10-11,16-17,19-20,24-25,27-28,30-32,34,38,41,53H,4-6,9,12-15,18,21-23,26,29,33,35-37,39-40,42-52H2,1-3H3/b10-7-,11-8-,19-16-,20-17-,25-24-,28-27-,32-30-,34-31-,41-38-. The molecule has 1 atom stereocenters. The molecule has 0 aliphatic heterocycles. The lowest BCUT2D eigenvalue weighted by molar-refractivity contribution is -0.163. The van der Waals surface area contributed by atoms with Gasteiger partial charge >= 0.3 is 11.9 Å². The van der Waals surface area contributed by atoms with Gasteiger partial charge in [-0.2, -0.15) is 0 Å². The molecule has 0 aromatic rings. The normalized spacial score (nSPS) is 13.2. The summed E-state index contributed by atoms with van der Waals surface area (Å²) in [6, 6.07) is 0. The van der Waals surface area contributed by atoms with Gasteiger partial charge in [-0.15, -0.1) is 0 Å². The van der Waals surface area contributed by atoms with E-state index in [4.69, 9.17) is 14.2 Å². The molecule has 1 unspecified atom stereocenters. The molecule has 0 N–H and O–H groups in total. The van der Waals surface area contributed by atoms with Gasteiger partial charge in [0, 0.05) is 19.4 Å². The number of esters is 2. The topological polar surface area (TPSA) is 61.8 Å². The fourth-order valence-electron chi connectivity index (χ4n) is 6.25. The minimum atomic E-state index is -0.582. The number of rotatable bonds is 43. The number of carbonyl (C=O) groups excluding carboxylic acids is 2. The first kappa shape index (κ1) is 56.6. The van der Waals surface area contributed by atoms with E-state index < -0.39 is 6.10 Å². The summed E-state index contributed by atoms with van der Waals surface area (Å²) in [5.74, 6) is -0.470. The highest BCUT2D eigenvalue weighted by Crippen LogP contribution is 2.13. The van der Waals surface area contributed by atoms with Crippen LogP contribution in [0.2, 0.25) is 0 Å². The zero-order valence-corrected chi connectivity index (χ0v) is 38.9. The van der Waals surface area contributed by atoms with Gasteiger partial charge in [-0.3, -0.25) is 9.59 Å². The molecular formula is C55H90O5. The second-order valence-electron chi connectivity index (χ2n) is 15.6. The van der Waals surface area contributed by atoms with E-state index >= 15 is 0 Å². The molecule has 0 fully saturated rings. The molecule has 60 heavy (non-hydrogen) atoms. The van der Waals surface area contributed by atoms with Crippen molar-refractivity contribution in [3.05, 3.63) is 109 Å². The third-order valence-corrected chi connectivity index (χ3v) is 9.80. The molecule has 5 nitrogen and oxygen atoms in total. The van der Waals surface area contributed by atoms with E-state index in [1.807, 2.05) is 0 Å². The minimum Gasteiger partial charge on any atom is -0.462 e. The fourth-order valence-corrected chi connectivity index (χ4v) is 6.25. The molecule has 5 heteroatoms. The van der Waals surface area contributed by atoms with Crippen LogP contribution in [0.4, 0.5) is 0 Å². The molecule has 0 rings (SSSR count). The lowest BCUT2D eigenvalue weighted by Crippen LogP contribution is -2.30. The van der Waals surface area contributed by atoms with Crippen LogP contribution in [0.1, 0.15) is 201 Å². The van der Waals surface area contributed by atoms with Crippen LogP contribution in [-0.4, -0.2) is 37.9 Å². The Balaban J connectivity index is 4.40. The van der Waals surface area contributed by atoms with Crippen molar-refractivity contribution in [1.29, 1.82) is 0 Å². The van der Waals surface area contributed by atoms with E-state index in [9.17, 15) is 9.59 Å². The summed E-state index contributed by atoms with van der Waals surface area (Å²) in [6.07, 6.45) is 68.2. The predicted molar refractivity (Wildman–Crippen MR) is 260 cm³/mol. The van der Waals surface area contributed by atoms with Crippen molar-refractivity contribution in [2.75, 3.05) is 19.8 Å². The van der Waals surface area contributed by atoms with E-state index in [1.165, 1.54) is 51.4 Å². The zero-order chi connectivity index (χ0) is 43.5. The largest absolute Gasteiger partial charge is 0.462 e. The summed E-state index contributed by atoms with van der Waals surface area (Å²) in [5, 5.41) is 0. The number of ether oxygens (including phenoxy) is 3. The molecule has 0 aliphatic carbocycles. The smallest absolute Gasteiger partial charge is 0.306 e. The Morgan fingerprint density at radius 2 is 0.750 bits per heavy atom. The van der Waals surface area contributed by atoms with Gasteiger partial charge in [0.05, 0.1) is 6.61 Å². The first-order valence-corrected chi connectivity index (χ1v) is 24.4. The highest BCUT2D eigenvalue weighted by Gasteiger charge is 2.17. The van der Waals surface area contributed by atoms with Gasteiger partial charge in [0.15, 0.2) is 6.10 Å². The Kier molecular flexibility index (Phi) is 47.1. The Labute approximate surface area is 370 Å². The summed E-state index contributed by atoms with van der Waals surface area (Å²) in [4.78, 5) is 25.3. The summed E-state index contributed by atoms with van der Waals surface area (Å²) < 4.78 is 17.3. The molecule has 0 radical (unpaired) electrons. The van der Waals surface area contributed by atoms with Gasteiger partial charge in [-0.1, -0.05) is 201 Å². The van der Waals surface area contributed by atoms with Crippen molar-refractivity contribution in [2.45, 2.75) is 207 Å². The van der Waals surface area contributed by atoms with Gasteiger partial charge in [-0.25, -0.2) is 0 Å². The number of hydrogen-bond acceptors (Lipinski definition) is 5. The van der Waals surface area contributed by atoms with Crippen molar-refractivity contribution in [3.63, 3.8) is 0 Å². The van der Waals surface area contributed by atoms with Crippen LogP contribution in [-0.2, 0) is 23.8 Å². The van der Waals surface area contributed by atoms with Crippen LogP contribution >= 0.6 is 0 Å². The molecule has 0 aromatic heterocycles. The maximum absolute atomic E-state index is 12.7. The fraction of sp³-hybridized carbons (Fsp3) is 0.636. The van der Waals surface area contributed by atoms with Crippen LogP contribution in [0.15, 0.2) is 109 Å². The molecule has 0 bridgehead atoms. The third kappa shape index (κ3) is 47.2. The molecule has 0 amide bonds. The van der Waals surface area contributed by atoms with E-state index in [-0.39, 0.29) is 25.2 Å². The zero-order valence-electron chi connectivity index (χ0n) is 38.9. The van der Waals surface area contributed by atoms with Gasteiger partial charge in [0.25, 0.3) is 0 Å². The molecular weight excluding hydrogens is 741 g/mol. The van der Waals surface area contributed by atoms with Crippen LogP contribution in [0.3, 0.4) is 0 Å². The Hall–Kier alpha value is -3.44. The van der Waals surface area contributed by atoms with Crippen molar-refractivity contribution in [1.82, 2.24) is 0 Å². The van der Waals surface area contributed by atoms with Crippen molar-refractivity contribution in [2.24, 2.45) is 0 Å². The lowest BCUT2D eigenvalue weighted by atomic mass is 10.1. The number of allylic oxidation sites excluding steroid dienone is 18. The maximum atomic E-state index is 12.7. The summed E-state index contributed by atoms with van der Waals surface area (Å²) in [7, 11) is 0. The highest BCUT2D eigenvalue weighted by molar-refractivity contribution is 5.70. The molecule has 0 spiro atoms. The Bertz CT molecular complexity index is 1210. The highest BCUT2D eigenvalue weighted by atomic mass is 16.6. The van der Waals surface area contributed by atoms with Crippen molar-refractivity contribution >= 4 is 11.9 Å². The summed E-state index contributed by atoms with van der Waals surface area (Å²) in [5.41, 5.74) is 0. The Morgan fingerprint density at radius 3 is 1.20 bits per heavy atom.